The Morgan fingerprint density at radius 2 is 1.68 bits per heavy atom. The molecule has 1 saturated heterocycles. The van der Waals surface area contributed by atoms with E-state index >= 15 is 0 Å². The van der Waals surface area contributed by atoms with Gasteiger partial charge in [0.1, 0.15) is 4.90 Å². The Balaban J connectivity index is 1.30. The molecular weight excluding hydrogens is 410 g/mol. The number of hydrogen-bond acceptors (Lipinski definition) is 6. The molecule has 2 heterocycles. The molecule has 0 atom stereocenters. The van der Waals surface area contributed by atoms with E-state index in [9.17, 15) is 4.79 Å². The van der Waals surface area contributed by atoms with Gasteiger partial charge in [-0.2, -0.15) is 0 Å². The maximum atomic E-state index is 13.3. The van der Waals surface area contributed by atoms with Crippen LogP contribution in [0.15, 0.2) is 9.42 Å². The summed E-state index contributed by atoms with van der Waals surface area (Å²) in [5.41, 5.74) is 0. The number of hydrogen-bond donors (Lipinski definition) is 2. The minimum Gasteiger partial charge on any atom is -0.474 e. The van der Waals surface area contributed by atoms with Crippen LogP contribution < -0.4 is 15.4 Å². The van der Waals surface area contributed by atoms with Crippen molar-refractivity contribution in [3.63, 3.8) is 0 Å². The molecule has 2 N–H and O–H groups in total. The zero-order valence-corrected chi connectivity index (χ0v) is 19.4. The third-order valence-corrected chi connectivity index (χ3v) is 9.34. The number of fused-ring (bicyclic) bond motifs is 2. The lowest BCUT2D eigenvalue weighted by Crippen LogP contribution is -2.49. The van der Waals surface area contributed by atoms with E-state index in [0.29, 0.717) is 47.3 Å². The van der Waals surface area contributed by atoms with Gasteiger partial charge in [0.25, 0.3) is 11.8 Å². The third kappa shape index (κ3) is 5.08. The van der Waals surface area contributed by atoms with Gasteiger partial charge in [-0.25, -0.2) is 0 Å². The van der Waals surface area contributed by atoms with Gasteiger partial charge in [-0.05, 0) is 87.4 Å². The van der Waals surface area contributed by atoms with Gasteiger partial charge in [0.05, 0.1) is 6.61 Å². The van der Waals surface area contributed by atoms with Crippen molar-refractivity contribution in [3.8, 4) is 5.88 Å². The van der Waals surface area contributed by atoms with Crippen LogP contribution in [0.1, 0.15) is 87.6 Å². The molecule has 1 aliphatic heterocycles. The smallest absolute Gasteiger partial charge is 0.291 e. The Bertz CT molecular complexity index is 720. The first kappa shape index (κ1) is 21.6. The topological polar surface area (TPSA) is 76.4 Å². The van der Waals surface area contributed by atoms with Gasteiger partial charge in [0, 0.05) is 11.3 Å². The van der Waals surface area contributed by atoms with Gasteiger partial charge in [0.15, 0.2) is 0 Å². The van der Waals surface area contributed by atoms with Crippen molar-refractivity contribution in [3.05, 3.63) is 5.76 Å². The van der Waals surface area contributed by atoms with Crippen molar-refractivity contribution >= 4 is 17.7 Å². The number of ether oxygens (including phenoxy) is 1. The molecule has 3 saturated carbocycles. The van der Waals surface area contributed by atoms with E-state index in [1.807, 2.05) is 0 Å². The minimum atomic E-state index is -0.0893. The van der Waals surface area contributed by atoms with Crippen molar-refractivity contribution in [2.75, 3.05) is 19.7 Å². The van der Waals surface area contributed by atoms with Crippen LogP contribution >= 0.6 is 11.8 Å². The number of nitrogens with zero attached hydrogens (tertiary/aromatic N) is 1. The van der Waals surface area contributed by atoms with Crippen LogP contribution in [0.4, 0.5) is 0 Å². The standard InChI is InChI=1S/C24H37N3O3S/c28-23(26-20-17-5-3-6-18(20)8-4-7-17)21-22(31-19-9-1-2-10-19)24(27-30-21)29-15-16-11-13-25-14-12-16/h16-20,25H,1-15H2,(H,26,28). The average Bonchev–Trinajstić information content (AvgIpc) is 3.43. The molecule has 0 spiro atoms. The Morgan fingerprint density at radius 1 is 1.00 bits per heavy atom. The number of nitrogens with one attached hydrogen (secondary N) is 2. The molecule has 1 aromatic rings. The monoisotopic (exact) mass is 447 g/mol. The highest BCUT2D eigenvalue weighted by molar-refractivity contribution is 8.00. The van der Waals surface area contributed by atoms with Crippen LogP contribution in [0.3, 0.4) is 0 Å². The number of carbonyl (C=O) groups excluding carboxylic acids is 1. The number of rotatable bonds is 7. The number of thioether (sulfide) groups is 1. The molecule has 7 heteroatoms. The quantitative estimate of drug-likeness (QED) is 0.626. The van der Waals surface area contributed by atoms with Crippen LogP contribution in [0.2, 0.25) is 0 Å². The SMILES string of the molecule is O=C(NC1C2CCCC1CCC2)c1onc(OCC2CCNCC2)c1SC1CCCC1. The molecule has 5 rings (SSSR count). The highest BCUT2D eigenvalue weighted by Gasteiger charge is 2.38. The van der Waals surface area contributed by atoms with E-state index in [2.05, 4.69) is 15.8 Å². The van der Waals surface area contributed by atoms with E-state index in [4.69, 9.17) is 9.26 Å². The number of amides is 1. The fourth-order valence-electron chi connectivity index (χ4n) is 6.15. The summed E-state index contributed by atoms with van der Waals surface area (Å²) in [6, 6.07) is 0.295. The molecule has 4 fully saturated rings. The van der Waals surface area contributed by atoms with Crippen LogP contribution in [0.25, 0.3) is 0 Å². The van der Waals surface area contributed by atoms with E-state index in [1.165, 1.54) is 64.2 Å². The summed E-state index contributed by atoms with van der Waals surface area (Å²) in [4.78, 5) is 14.2. The summed E-state index contributed by atoms with van der Waals surface area (Å²) in [7, 11) is 0. The molecule has 1 amide bonds. The first-order valence-corrected chi connectivity index (χ1v) is 13.5. The van der Waals surface area contributed by atoms with Gasteiger partial charge >= 0.3 is 0 Å². The van der Waals surface area contributed by atoms with Gasteiger partial charge in [-0.15, -0.1) is 11.8 Å². The van der Waals surface area contributed by atoms with Crippen LogP contribution in [-0.4, -0.2) is 42.1 Å². The molecule has 0 unspecified atom stereocenters. The van der Waals surface area contributed by atoms with Gasteiger partial charge in [0.2, 0.25) is 5.76 Å². The Kier molecular flexibility index (Phi) is 7.08. The lowest BCUT2D eigenvalue weighted by atomic mass is 9.68. The number of piperidine rings is 1. The van der Waals surface area contributed by atoms with Crippen LogP contribution in [-0.2, 0) is 0 Å². The summed E-state index contributed by atoms with van der Waals surface area (Å²) in [6.45, 7) is 2.75. The summed E-state index contributed by atoms with van der Waals surface area (Å²) in [6.07, 6.45) is 14.7. The molecule has 31 heavy (non-hydrogen) atoms. The predicted octanol–water partition coefficient (Wildman–Crippen LogP) is 4.79. The van der Waals surface area contributed by atoms with Crippen molar-refractivity contribution in [1.82, 2.24) is 15.8 Å². The maximum absolute atomic E-state index is 13.3. The highest BCUT2D eigenvalue weighted by Crippen LogP contribution is 2.43. The number of aromatic nitrogens is 1. The molecule has 0 radical (unpaired) electrons. The molecule has 2 bridgehead atoms. The van der Waals surface area contributed by atoms with Crippen molar-refractivity contribution in [2.24, 2.45) is 17.8 Å². The predicted molar refractivity (Wildman–Crippen MR) is 122 cm³/mol. The fourth-order valence-corrected chi connectivity index (χ4v) is 7.49. The Morgan fingerprint density at radius 3 is 2.35 bits per heavy atom. The molecule has 4 aliphatic rings. The van der Waals surface area contributed by atoms with E-state index in [0.717, 1.165) is 30.8 Å². The molecule has 1 aromatic heterocycles. The van der Waals surface area contributed by atoms with Crippen molar-refractivity contribution < 1.29 is 14.1 Å². The number of carbonyl (C=O) groups is 1. The normalized spacial score (nSPS) is 29.7. The first-order chi connectivity index (χ1) is 15.3. The summed E-state index contributed by atoms with van der Waals surface area (Å²) < 4.78 is 11.8. The second kappa shape index (κ2) is 10.2. The zero-order valence-electron chi connectivity index (χ0n) is 18.6. The minimum absolute atomic E-state index is 0.0893. The molecular formula is C24H37N3O3S. The van der Waals surface area contributed by atoms with Crippen LogP contribution in [0, 0.1) is 17.8 Å². The van der Waals surface area contributed by atoms with Gasteiger partial charge in [-0.1, -0.05) is 25.7 Å². The van der Waals surface area contributed by atoms with Gasteiger partial charge < -0.3 is 19.9 Å². The molecule has 3 aliphatic carbocycles. The molecule has 0 aromatic carbocycles. The van der Waals surface area contributed by atoms with E-state index < -0.39 is 0 Å². The zero-order chi connectivity index (χ0) is 21.0. The van der Waals surface area contributed by atoms with Crippen molar-refractivity contribution in [1.29, 1.82) is 0 Å². The third-order valence-electron chi connectivity index (χ3n) is 7.94. The van der Waals surface area contributed by atoms with E-state index in [-0.39, 0.29) is 5.91 Å². The Hall–Kier alpha value is -1.21. The lowest BCUT2D eigenvalue weighted by Gasteiger charge is -2.42. The highest BCUT2D eigenvalue weighted by atomic mass is 32.2. The molecule has 6 nitrogen and oxygen atoms in total. The second-order valence-electron chi connectivity index (χ2n) is 10.1. The fraction of sp³-hybridized carbons (Fsp3) is 0.833. The largest absolute Gasteiger partial charge is 0.474 e. The lowest BCUT2D eigenvalue weighted by molar-refractivity contribution is 0.0751. The average molecular weight is 448 g/mol. The summed E-state index contributed by atoms with van der Waals surface area (Å²) in [5, 5.41) is 11.5. The second-order valence-corrected chi connectivity index (χ2v) is 11.4. The van der Waals surface area contributed by atoms with E-state index in [1.54, 1.807) is 11.8 Å². The van der Waals surface area contributed by atoms with Gasteiger partial charge in [-0.3, -0.25) is 4.79 Å². The Labute approximate surface area is 190 Å². The molecule has 172 valence electrons. The maximum Gasteiger partial charge on any atom is 0.291 e. The summed E-state index contributed by atoms with van der Waals surface area (Å²) >= 11 is 1.75. The van der Waals surface area contributed by atoms with Crippen LogP contribution in [0.5, 0.6) is 5.88 Å². The summed E-state index contributed by atoms with van der Waals surface area (Å²) in [5.74, 6) is 2.61. The van der Waals surface area contributed by atoms with Crippen molar-refractivity contribution in [2.45, 2.75) is 93.2 Å². The first-order valence-electron chi connectivity index (χ1n) is 12.6.